The van der Waals surface area contributed by atoms with Gasteiger partial charge in [-0.3, -0.25) is 0 Å². The van der Waals surface area contributed by atoms with Gasteiger partial charge >= 0.3 is 0 Å². The van der Waals surface area contributed by atoms with Crippen LogP contribution < -0.4 is 5.32 Å². The summed E-state index contributed by atoms with van der Waals surface area (Å²) in [5.41, 5.74) is 0.885. The number of nitrogens with one attached hydrogen (secondary N) is 1. The maximum Gasteiger partial charge on any atom is 0.242 e. The quantitative estimate of drug-likeness (QED) is 0.847. The molecule has 0 aliphatic heterocycles. The van der Waals surface area contributed by atoms with Crippen molar-refractivity contribution in [3.8, 4) is 11.4 Å². The summed E-state index contributed by atoms with van der Waals surface area (Å²) < 4.78 is 1.70. The molecule has 1 N–H and O–H groups in total. The van der Waals surface area contributed by atoms with E-state index < -0.39 is 0 Å². The molecule has 78 valence electrons. The Balaban J connectivity index is 2.54. The highest BCUT2D eigenvalue weighted by atomic mass is 35.5. The van der Waals surface area contributed by atoms with Gasteiger partial charge in [0.25, 0.3) is 0 Å². The second-order valence-corrected chi connectivity index (χ2v) is 3.52. The molecule has 0 saturated heterocycles. The molecule has 1 aromatic carbocycles. The number of anilines is 1. The first-order chi connectivity index (χ1) is 7.22. The lowest BCUT2D eigenvalue weighted by Gasteiger charge is -2.01. The first-order valence-corrected chi connectivity index (χ1v) is 4.94. The summed E-state index contributed by atoms with van der Waals surface area (Å²) in [6, 6.07) is 7.58. The zero-order valence-corrected chi connectivity index (χ0v) is 9.28. The van der Waals surface area contributed by atoms with Gasteiger partial charge in [-0.1, -0.05) is 23.7 Å². The lowest BCUT2D eigenvalue weighted by Crippen LogP contribution is -1.95. The molecule has 2 aromatic rings. The van der Waals surface area contributed by atoms with Crippen LogP contribution in [0.4, 0.5) is 5.95 Å². The van der Waals surface area contributed by atoms with Crippen molar-refractivity contribution in [3.63, 3.8) is 0 Å². The molecule has 5 heteroatoms. The monoisotopic (exact) mass is 222 g/mol. The Morgan fingerprint density at radius 3 is 2.67 bits per heavy atom. The Kier molecular flexibility index (Phi) is 2.60. The van der Waals surface area contributed by atoms with Crippen LogP contribution in [-0.4, -0.2) is 21.8 Å². The van der Waals surface area contributed by atoms with E-state index in [1.54, 1.807) is 11.7 Å². The molecule has 0 atom stereocenters. The van der Waals surface area contributed by atoms with Gasteiger partial charge in [-0.15, -0.1) is 5.10 Å². The standard InChI is InChI=1S/C10H11ClN4/c1-12-10-13-9(15(2)14-10)7-5-3-4-6-8(7)11/h3-6H,1-2H3,(H,12,14). The highest BCUT2D eigenvalue weighted by molar-refractivity contribution is 6.33. The van der Waals surface area contributed by atoms with E-state index in [-0.39, 0.29) is 0 Å². The van der Waals surface area contributed by atoms with Crippen molar-refractivity contribution < 1.29 is 0 Å². The highest BCUT2D eigenvalue weighted by Crippen LogP contribution is 2.26. The fourth-order valence-electron chi connectivity index (χ4n) is 1.37. The third-order valence-electron chi connectivity index (χ3n) is 2.10. The zero-order valence-electron chi connectivity index (χ0n) is 8.53. The number of rotatable bonds is 2. The zero-order chi connectivity index (χ0) is 10.8. The third-order valence-corrected chi connectivity index (χ3v) is 2.43. The molecule has 0 bridgehead atoms. The number of halogens is 1. The molecule has 1 aromatic heterocycles. The Morgan fingerprint density at radius 2 is 2.07 bits per heavy atom. The Labute approximate surface area is 92.9 Å². The predicted octanol–water partition coefficient (Wildman–Crippen LogP) is 2.18. The Morgan fingerprint density at radius 1 is 1.33 bits per heavy atom. The lowest BCUT2D eigenvalue weighted by molar-refractivity contribution is 0.777. The molecule has 2 rings (SSSR count). The van der Waals surface area contributed by atoms with E-state index in [1.807, 2.05) is 31.3 Å². The van der Waals surface area contributed by atoms with Crippen LogP contribution in [0.15, 0.2) is 24.3 Å². The fraction of sp³-hybridized carbons (Fsp3) is 0.200. The van der Waals surface area contributed by atoms with Crippen LogP contribution in [0.5, 0.6) is 0 Å². The number of hydrogen-bond acceptors (Lipinski definition) is 3. The molecule has 1 heterocycles. The van der Waals surface area contributed by atoms with Crippen molar-refractivity contribution in [2.75, 3.05) is 12.4 Å². The van der Waals surface area contributed by atoms with Crippen molar-refractivity contribution in [2.45, 2.75) is 0 Å². The molecule has 0 saturated carbocycles. The molecule has 0 spiro atoms. The Bertz CT molecular complexity index is 478. The molecule has 0 unspecified atom stereocenters. The minimum absolute atomic E-state index is 0.590. The molecule has 0 aliphatic rings. The Hall–Kier alpha value is -1.55. The molecular weight excluding hydrogens is 212 g/mol. The van der Waals surface area contributed by atoms with Crippen LogP contribution >= 0.6 is 11.6 Å². The van der Waals surface area contributed by atoms with E-state index in [1.165, 1.54) is 0 Å². The second kappa shape index (κ2) is 3.90. The number of hydrogen-bond donors (Lipinski definition) is 1. The summed E-state index contributed by atoms with van der Waals surface area (Å²) in [4.78, 5) is 4.32. The van der Waals surface area contributed by atoms with Crippen molar-refractivity contribution in [1.82, 2.24) is 14.8 Å². The maximum atomic E-state index is 6.08. The van der Waals surface area contributed by atoms with Gasteiger partial charge in [0.1, 0.15) is 0 Å². The third kappa shape index (κ3) is 1.80. The smallest absolute Gasteiger partial charge is 0.242 e. The molecule has 0 amide bonds. The average Bonchev–Trinajstić information content (AvgIpc) is 2.60. The summed E-state index contributed by atoms with van der Waals surface area (Å²) in [6.07, 6.45) is 0. The van der Waals surface area contributed by atoms with E-state index in [0.29, 0.717) is 11.0 Å². The van der Waals surface area contributed by atoms with Gasteiger partial charge < -0.3 is 5.32 Å². The second-order valence-electron chi connectivity index (χ2n) is 3.11. The lowest BCUT2D eigenvalue weighted by atomic mass is 10.2. The van der Waals surface area contributed by atoms with Crippen LogP contribution in [-0.2, 0) is 7.05 Å². The van der Waals surface area contributed by atoms with Crippen molar-refractivity contribution in [1.29, 1.82) is 0 Å². The van der Waals surface area contributed by atoms with Crippen LogP contribution in [0.1, 0.15) is 0 Å². The molecule has 0 aliphatic carbocycles. The highest BCUT2D eigenvalue weighted by Gasteiger charge is 2.10. The van der Waals surface area contributed by atoms with E-state index in [0.717, 1.165) is 11.4 Å². The van der Waals surface area contributed by atoms with Gasteiger partial charge in [0.15, 0.2) is 5.82 Å². The van der Waals surface area contributed by atoms with Gasteiger partial charge in [-0.25, -0.2) is 4.68 Å². The summed E-state index contributed by atoms with van der Waals surface area (Å²) in [5.74, 6) is 1.34. The van der Waals surface area contributed by atoms with Gasteiger partial charge in [-0.05, 0) is 12.1 Å². The van der Waals surface area contributed by atoms with Gasteiger partial charge in [0, 0.05) is 19.7 Å². The number of aromatic nitrogens is 3. The van der Waals surface area contributed by atoms with E-state index in [2.05, 4.69) is 15.4 Å². The normalized spacial score (nSPS) is 10.3. The molecule has 0 radical (unpaired) electrons. The van der Waals surface area contributed by atoms with Crippen molar-refractivity contribution in [3.05, 3.63) is 29.3 Å². The maximum absolute atomic E-state index is 6.08. The molecular formula is C10H11ClN4. The van der Waals surface area contributed by atoms with Crippen LogP contribution in [0.25, 0.3) is 11.4 Å². The molecule has 0 fully saturated rings. The van der Waals surface area contributed by atoms with E-state index in [4.69, 9.17) is 11.6 Å². The average molecular weight is 223 g/mol. The van der Waals surface area contributed by atoms with Crippen LogP contribution in [0.3, 0.4) is 0 Å². The van der Waals surface area contributed by atoms with Gasteiger partial charge in [-0.2, -0.15) is 4.98 Å². The summed E-state index contributed by atoms with van der Waals surface area (Å²) in [6.45, 7) is 0. The summed E-state index contributed by atoms with van der Waals surface area (Å²) in [5, 5.41) is 7.75. The van der Waals surface area contributed by atoms with Gasteiger partial charge in [0.05, 0.1) is 5.02 Å². The van der Waals surface area contributed by atoms with Crippen LogP contribution in [0, 0.1) is 0 Å². The van der Waals surface area contributed by atoms with Crippen molar-refractivity contribution >= 4 is 17.5 Å². The minimum atomic E-state index is 0.590. The first kappa shape index (κ1) is 9.98. The molecule has 15 heavy (non-hydrogen) atoms. The summed E-state index contributed by atoms with van der Waals surface area (Å²) >= 11 is 6.08. The predicted molar refractivity (Wildman–Crippen MR) is 61.0 cm³/mol. The van der Waals surface area contributed by atoms with Crippen molar-refractivity contribution in [2.24, 2.45) is 7.05 Å². The minimum Gasteiger partial charge on any atom is -0.356 e. The van der Waals surface area contributed by atoms with Gasteiger partial charge in [0.2, 0.25) is 5.95 Å². The first-order valence-electron chi connectivity index (χ1n) is 4.56. The number of benzene rings is 1. The SMILES string of the molecule is CNc1nc(-c2ccccc2Cl)n(C)n1. The molecule has 4 nitrogen and oxygen atoms in total. The number of nitrogens with zero attached hydrogens (tertiary/aromatic N) is 3. The fourth-order valence-corrected chi connectivity index (χ4v) is 1.59. The number of aryl methyl sites for hydroxylation is 1. The van der Waals surface area contributed by atoms with E-state index >= 15 is 0 Å². The van der Waals surface area contributed by atoms with E-state index in [9.17, 15) is 0 Å². The largest absolute Gasteiger partial charge is 0.356 e. The summed E-state index contributed by atoms with van der Waals surface area (Å²) in [7, 11) is 3.62. The van der Waals surface area contributed by atoms with Crippen LogP contribution in [0.2, 0.25) is 5.02 Å². The topological polar surface area (TPSA) is 42.7 Å².